The van der Waals surface area contributed by atoms with Gasteiger partial charge in [0.25, 0.3) is 5.91 Å². The number of carbonyl (C=O) groups is 4. The molecule has 4 atom stereocenters. The van der Waals surface area contributed by atoms with Crippen molar-refractivity contribution in [1.82, 2.24) is 40.4 Å². The van der Waals surface area contributed by atoms with Crippen LogP contribution in [0.5, 0.6) is 0 Å². The maximum absolute atomic E-state index is 13.9. The lowest BCUT2D eigenvalue weighted by Crippen LogP contribution is -2.51. The summed E-state index contributed by atoms with van der Waals surface area (Å²) in [4.78, 5) is 71.7. The first-order valence-corrected chi connectivity index (χ1v) is 20.7. The van der Waals surface area contributed by atoms with Crippen LogP contribution in [0.15, 0.2) is 103 Å². The maximum Gasteiger partial charge on any atom is 0.407 e. The van der Waals surface area contributed by atoms with Crippen LogP contribution in [-0.4, -0.2) is 87.1 Å². The van der Waals surface area contributed by atoms with Gasteiger partial charge in [-0.2, -0.15) is 0 Å². The number of rotatable bonds is 11. The molecule has 61 heavy (non-hydrogen) atoms. The number of nitrogens with zero attached hydrogens (tertiary/aromatic N) is 4. The van der Waals surface area contributed by atoms with E-state index in [0.717, 1.165) is 75.9 Å². The van der Waals surface area contributed by atoms with E-state index >= 15 is 0 Å². The molecule has 4 aromatic carbocycles. The third-order valence-corrected chi connectivity index (χ3v) is 11.8. The number of aromatic amines is 2. The van der Waals surface area contributed by atoms with Gasteiger partial charge in [0.05, 0.1) is 50.1 Å². The first kappa shape index (κ1) is 40.8. The normalized spacial score (nSPS) is 17.3. The lowest BCUT2D eigenvalue weighted by Gasteiger charge is -2.30. The molecule has 0 radical (unpaired) electrons. The number of nitrogens with one attached hydrogen (secondary N) is 4. The summed E-state index contributed by atoms with van der Waals surface area (Å²) in [5, 5.41) is 7.60. The highest BCUT2D eigenvalue weighted by atomic mass is 16.5. The van der Waals surface area contributed by atoms with Gasteiger partial charge in [-0.25, -0.2) is 19.6 Å². The quantitative estimate of drug-likeness (QED) is 0.101. The Morgan fingerprint density at radius 3 is 1.74 bits per heavy atom. The minimum Gasteiger partial charge on any atom is -0.453 e. The van der Waals surface area contributed by atoms with Crippen LogP contribution < -0.4 is 10.6 Å². The molecule has 2 fully saturated rings. The van der Waals surface area contributed by atoms with Crippen molar-refractivity contribution in [1.29, 1.82) is 0 Å². The third kappa shape index (κ3) is 8.56. The second-order valence-corrected chi connectivity index (χ2v) is 15.9. The van der Waals surface area contributed by atoms with E-state index in [9.17, 15) is 19.2 Å². The molecule has 1 unspecified atom stereocenters. The standard InChI is InChI=1S/C47H50N8O6/c1-28(2)40(52-46(58)60-3)44(56)54-22-8-12-38(54)43-49-27-37(51-43)35-21-20-33-24-32(18-19-34(33)25-35)29-14-16-30(17-15-29)36-26-48-42(50-36)39-13-9-23-55(39)45(57)41(53-47(59)61-4)31-10-6-5-7-11-31/h5-7,10-11,14-21,24-28,38-41H,8-9,12-13,22-23H2,1-4H3,(H,48,50)(H,49,51)(H,52,58)(H,53,59)/t38-,39-,40?,41+/m0/s1. The summed E-state index contributed by atoms with van der Waals surface area (Å²) in [6.07, 6.45) is 5.53. The van der Waals surface area contributed by atoms with Crippen molar-refractivity contribution in [2.24, 2.45) is 5.92 Å². The molecule has 4 amide bonds. The number of carbonyl (C=O) groups excluding carboxylic acids is 4. The summed E-state index contributed by atoms with van der Waals surface area (Å²) in [6, 6.07) is 28.2. The fourth-order valence-electron chi connectivity index (χ4n) is 8.52. The van der Waals surface area contributed by atoms with Crippen LogP contribution in [0, 0.1) is 5.92 Å². The maximum atomic E-state index is 13.9. The minimum atomic E-state index is -0.880. The molecule has 2 aromatic heterocycles. The molecule has 314 valence electrons. The number of hydrogen-bond donors (Lipinski definition) is 4. The molecular formula is C47H50N8O6. The first-order valence-electron chi connectivity index (χ1n) is 20.7. The summed E-state index contributed by atoms with van der Waals surface area (Å²) in [5.41, 5.74) is 6.52. The number of H-pyrrole nitrogens is 2. The Morgan fingerprint density at radius 2 is 1.15 bits per heavy atom. The van der Waals surface area contributed by atoms with E-state index in [1.54, 1.807) is 11.1 Å². The molecule has 6 aromatic rings. The van der Waals surface area contributed by atoms with Gasteiger partial charge in [-0.3, -0.25) is 9.59 Å². The van der Waals surface area contributed by atoms with Crippen molar-refractivity contribution < 1.29 is 28.7 Å². The highest BCUT2D eigenvalue weighted by Crippen LogP contribution is 2.36. The van der Waals surface area contributed by atoms with E-state index < -0.39 is 24.3 Å². The van der Waals surface area contributed by atoms with Crippen LogP contribution in [0.3, 0.4) is 0 Å². The Balaban J connectivity index is 0.942. The smallest absolute Gasteiger partial charge is 0.407 e. The minimum absolute atomic E-state index is 0.108. The van der Waals surface area contributed by atoms with Crippen LogP contribution in [0.25, 0.3) is 44.4 Å². The average Bonchev–Trinajstić information content (AvgIpc) is 4.14. The monoisotopic (exact) mass is 822 g/mol. The zero-order valence-corrected chi connectivity index (χ0v) is 34.7. The number of imidazole rings is 2. The van der Waals surface area contributed by atoms with E-state index in [4.69, 9.17) is 19.4 Å². The fourth-order valence-corrected chi connectivity index (χ4v) is 8.52. The second-order valence-electron chi connectivity index (χ2n) is 15.9. The number of methoxy groups -OCH3 is 2. The van der Waals surface area contributed by atoms with Crippen molar-refractivity contribution in [2.75, 3.05) is 27.3 Å². The predicted octanol–water partition coefficient (Wildman–Crippen LogP) is 8.09. The number of aromatic nitrogens is 4. The molecule has 8 rings (SSSR count). The fraction of sp³-hybridized carbons (Fsp3) is 0.319. The Labute approximate surface area is 354 Å². The van der Waals surface area contributed by atoms with Gasteiger partial charge in [0.15, 0.2) is 0 Å². The van der Waals surface area contributed by atoms with Gasteiger partial charge < -0.3 is 39.9 Å². The predicted molar refractivity (Wildman–Crippen MR) is 231 cm³/mol. The van der Waals surface area contributed by atoms with E-state index in [1.807, 2.05) is 55.3 Å². The Kier molecular flexibility index (Phi) is 11.9. The number of ether oxygens (including phenoxy) is 2. The molecular weight excluding hydrogens is 773 g/mol. The van der Waals surface area contributed by atoms with Crippen molar-refractivity contribution >= 4 is 34.8 Å². The van der Waals surface area contributed by atoms with Crippen LogP contribution in [0.1, 0.15) is 74.9 Å². The lowest BCUT2D eigenvalue weighted by atomic mass is 9.98. The third-order valence-electron chi connectivity index (χ3n) is 11.8. The Bertz CT molecular complexity index is 2530. The van der Waals surface area contributed by atoms with Crippen LogP contribution >= 0.6 is 0 Å². The average molecular weight is 823 g/mol. The SMILES string of the molecule is COC(=O)NC(C(=O)N1CCC[C@H]1c1ncc(-c2ccc3cc(-c4ccc(-c5cnc([C@@H]6CCCN6C(=O)[C@H](NC(=O)OC)c6ccccc6)[nH]5)cc4)ccc3c2)[nH]1)C(C)C. The van der Waals surface area contributed by atoms with Crippen molar-refractivity contribution in [3.63, 3.8) is 0 Å². The van der Waals surface area contributed by atoms with Crippen molar-refractivity contribution in [2.45, 2.75) is 63.7 Å². The largest absolute Gasteiger partial charge is 0.453 e. The number of amides is 4. The summed E-state index contributed by atoms with van der Waals surface area (Å²) in [7, 11) is 2.57. The Hall–Kier alpha value is -6.96. The molecule has 2 saturated heterocycles. The van der Waals surface area contributed by atoms with Gasteiger partial charge >= 0.3 is 12.2 Å². The van der Waals surface area contributed by atoms with Gasteiger partial charge in [0, 0.05) is 18.7 Å². The second kappa shape index (κ2) is 17.7. The summed E-state index contributed by atoms with van der Waals surface area (Å²) in [6.45, 7) is 4.95. The number of likely N-dealkylation sites (tertiary alicyclic amines) is 2. The highest BCUT2D eigenvalue weighted by molar-refractivity contribution is 5.91. The zero-order valence-electron chi connectivity index (χ0n) is 34.7. The molecule has 4 heterocycles. The van der Waals surface area contributed by atoms with Gasteiger partial charge in [-0.1, -0.05) is 92.7 Å². The van der Waals surface area contributed by atoms with E-state index in [0.29, 0.717) is 24.5 Å². The molecule has 14 nitrogen and oxygen atoms in total. The van der Waals surface area contributed by atoms with E-state index in [-0.39, 0.29) is 29.8 Å². The number of benzene rings is 4. The molecule has 4 N–H and O–H groups in total. The molecule has 0 spiro atoms. The summed E-state index contributed by atoms with van der Waals surface area (Å²) < 4.78 is 9.60. The van der Waals surface area contributed by atoms with Crippen molar-refractivity contribution in [3.05, 3.63) is 121 Å². The summed E-state index contributed by atoms with van der Waals surface area (Å²) in [5.74, 6) is 0.972. The number of hydrogen-bond acceptors (Lipinski definition) is 8. The van der Waals surface area contributed by atoms with E-state index in [2.05, 4.69) is 81.3 Å². The van der Waals surface area contributed by atoms with Gasteiger partial charge in [-0.05, 0) is 76.8 Å². The lowest BCUT2D eigenvalue weighted by molar-refractivity contribution is -0.135. The molecule has 2 aliphatic rings. The van der Waals surface area contributed by atoms with Crippen molar-refractivity contribution in [3.8, 4) is 33.6 Å². The van der Waals surface area contributed by atoms with Gasteiger partial charge in [-0.15, -0.1) is 0 Å². The number of alkyl carbamates (subject to hydrolysis) is 2. The zero-order chi connectivity index (χ0) is 42.6. The first-order chi connectivity index (χ1) is 29.6. The van der Waals surface area contributed by atoms with Crippen LogP contribution in [0.4, 0.5) is 9.59 Å². The highest BCUT2D eigenvalue weighted by Gasteiger charge is 2.39. The van der Waals surface area contributed by atoms with E-state index in [1.165, 1.54) is 14.2 Å². The van der Waals surface area contributed by atoms with Gasteiger partial charge in [0.1, 0.15) is 23.7 Å². The molecule has 0 saturated carbocycles. The topological polar surface area (TPSA) is 175 Å². The summed E-state index contributed by atoms with van der Waals surface area (Å²) >= 11 is 0. The van der Waals surface area contributed by atoms with Crippen LogP contribution in [-0.2, 0) is 19.1 Å². The molecule has 14 heteroatoms. The molecule has 2 aliphatic heterocycles. The Morgan fingerprint density at radius 1 is 0.639 bits per heavy atom. The van der Waals surface area contributed by atoms with Crippen LogP contribution in [0.2, 0.25) is 0 Å². The molecule has 0 aliphatic carbocycles. The van der Waals surface area contributed by atoms with Gasteiger partial charge in [0.2, 0.25) is 5.91 Å². The number of fused-ring (bicyclic) bond motifs is 1. The molecule has 0 bridgehead atoms.